The van der Waals surface area contributed by atoms with E-state index in [-0.39, 0.29) is 17.7 Å². The Labute approximate surface area is 124 Å². The van der Waals surface area contributed by atoms with Gasteiger partial charge in [0.1, 0.15) is 0 Å². The van der Waals surface area contributed by atoms with E-state index in [1.807, 2.05) is 18.4 Å². The zero-order valence-corrected chi connectivity index (χ0v) is 13.2. The predicted molar refractivity (Wildman–Crippen MR) is 81.6 cm³/mol. The number of hydrogen-bond acceptors (Lipinski definition) is 5. The molecule has 1 aromatic rings. The van der Waals surface area contributed by atoms with Gasteiger partial charge in [-0.15, -0.1) is 11.8 Å². The van der Waals surface area contributed by atoms with Crippen LogP contribution in [0.3, 0.4) is 0 Å². The molecular weight excluding hydrogens is 294 g/mol. The van der Waals surface area contributed by atoms with Crippen molar-refractivity contribution in [2.24, 2.45) is 11.7 Å². The van der Waals surface area contributed by atoms with Crippen molar-refractivity contribution in [2.45, 2.75) is 41.2 Å². The quantitative estimate of drug-likeness (QED) is 0.826. The molecule has 20 heavy (non-hydrogen) atoms. The first-order chi connectivity index (χ1) is 9.42. The number of thioether (sulfide) groups is 1. The third kappa shape index (κ3) is 3.75. The van der Waals surface area contributed by atoms with Crippen molar-refractivity contribution in [2.75, 3.05) is 12.0 Å². The Kier molecular flexibility index (Phi) is 5.12. The van der Waals surface area contributed by atoms with Crippen LogP contribution >= 0.6 is 11.8 Å². The largest absolute Gasteiger partial charge is 0.393 e. The predicted octanol–water partition coefficient (Wildman–Crippen LogP) is 1.67. The van der Waals surface area contributed by atoms with E-state index in [4.69, 9.17) is 5.73 Å². The summed E-state index contributed by atoms with van der Waals surface area (Å²) in [4.78, 5) is 1.37. The summed E-state index contributed by atoms with van der Waals surface area (Å²) in [5.41, 5.74) is 5.99. The van der Waals surface area contributed by atoms with Gasteiger partial charge in [0, 0.05) is 10.9 Å². The Morgan fingerprint density at radius 1 is 1.30 bits per heavy atom. The van der Waals surface area contributed by atoms with E-state index >= 15 is 0 Å². The van der Waals surface area contributed by atoms with Gasteiger partial charge in [0.15, 0.2) is 9.84 Å². The maximum absolute atomic E-state index is 12.4. The molecule has 1 aliphatic rings. The molecule has 6 heteroatoms. The molecule has 0 aliphatic heterocycles. The highest BCUT2D eigenvalue weighted by Crippen LogP contribution is 2.27. The van der Waals surface area contributed by atoms with Gasteiger partial charge in [0.2, 0.25) is 0 Å². The molecule has 2 rings (SSSR count). The Morgan fingerprint density at radius 2 is 1.95 bits per heavy atom. The number of aliphatic hydroxyl groups excluding tert-OH is 1. The number of hydrogen-bond donors (Lipinski definition) is 2. The number of nitrogens with two attached hydrogens (primary N) is 1. The van der Waals surface area contributed by atoms with E-state index < -0.39 is 15.9 Å². The van der Waals surface area contributed by atoms with Gasteiger partial charge in [0.05, 0.1) is 16.8 Å². The summed E-state index contributed by atoms with van der Waals surface area (Å²) >= 11 is 1.58. The standard InChI is InChI=1S/C14H21NO3S2/c1-19-12-3-5-13(6-4-12)20(17,18)9-10-8-11(16)2-7-14(10)15/h3-6,10-11,14,16H,2,7-9,15H2,1H3/t10?,11-,14-/m0/s1. The summed E-state index contributed by atoms with van der Waals surface area (Å²) in [6.45, 7) is 0. The van der Waals surface area contributed by atoms with Gasteiger partial charge >= 0.3 is 0 Å². The summed E-state index contributed by atoms with van der Waals surface area (Å²) < 4.78 is 24.8. The molecule has 0 spiro atoms. The first-order valence-electron chi connectivity index (χ1n) is 6.73. The molecule has 0 aromatic heterocycles. The molecule has 3 N–H and O–H groups in total. The molecular formula is C14H21NO3S2. The normalized spacial score (nSPS) is 27.4. The van der Waals surface area contributed by atoms with Crippen LogP contribution in [-0.2, 0) is 9.84 Å². The van der Waals surface area contributed by atoms with E-state index in [9.17, 15) is 13.5 Å². The van der Waals surface area contributed by atoms with Crippen LogP contribution in [0.2, 0.25) is 0 Å². The third-order valence-electron chi connectivity index (χ3n) is 3.87. The Morgan fingerprint density at radius 3 is 2.55 bits per heavy atom. The highest BCUT2D eigenvalue weighted by Gasteiger charge is 2.31. The van der Waals surface area contributed by atoms with Crippen LogP contribution in [0.15, 0.2) is 34.1 Å². The second kappa shape index (κ2) is 6.47. The Balaban J connectivity index is 2.13. The van der Waals surface area contributed by atoms with E-state index in [1.165, 1.54) is 0 Å². The van der Waals surface area contributed by atoms with Gasteiger partial charge in [-0.05, 0) is 55.7 Å². The first kappa shape index (κ1) is 15.8. The van der Waals surface area contributed by atoms with Crippen LogP contribution < -0.4 is 5.73 Å². The van der Waals surface area contributed by atoms with Crippen molar-refractivity contribution in [3.8, 4) is 0 Å². The van der Waals surface area contributed by atoms with Crippen LogP contribution in [0.25, 0.3) is 0 Å². The van der Waals surface area contributed by atoms with E-state index in [0.29, 0.717) is 24.2 Å². The van der Waals surface area contributed by atoms with Crippen molar-refractivity contribution < 1.29 is 13.5 Å². The summed E-state index contributed by atoms with van der Waals surface area (Å²) in [5, 5.41) is 9.68. The lowest BCUT2D eigenvalue weighted by Crippen LogP contribution is -2.41. The van der Waals surface area contributed by atoms with Crippen molar-refractivity contribution in [1.29, 1.82) is 0 Å². The molecule has 0 saturated heterocycles. The zero-order chi connectivity index (χ0) is 14.8. The first-order valence-corrected chi connectivity index (χ1v) is 9.60. The second-order valence-electron chi connectivity index (χ2n) is 5.35. The summed E-state index contributed by atoms with van der Waals surface area (Å²) in [6.07, 6.45) is 3.36. The fraction of sp³-hybridized carbons (Fsp3) is 0.571. The fourth-order valence-electron chi connectivity index (χ4n) is 2.62. The number of rotatable bonds is 4. The van der Waals surface area contributed by atoms with Gasteiger partial charge in [-0.1, -0.05) is 0 Å². The van der Waals surface area contributed by atoms with Crippen LogP contribution in [0.4, 0.5) is 0 Å². The van der Waals surface area contributed by atoms with Crippen LogP contribution in [-0.4, -0.2) is 37.7 Å². The molecule has 1 saturated carbocycles. The molecule has 1 unspecified atom stereocenters. The Hall–Kier alpha value is -0.560. The molecule has 0 radical (unpaired) electrons. The lowest BCUT2D eigenvalue weighted by Gasteiger charge is -2.31. The zero-order valence-electron chi connectivity index (χ0n) is 11.5. The second-order valence-corrected chi connectivity index (χ2v) is 8.26. The van der Waals surface area contributed by atoms with Crippen molar-refractivity contribution in [3.63, 3.8) is 0 Å². The molecule has 3 atom stereocenters. The minimum absolute atomic E-state index is 0.0177. The monoisotopic (exact) mass is 315 g/mol. The minimum atomic E-state index is -3.34. The fourth-order valence-corrected chi connectivity index (χ4v) is 4.71. The SMILES string of the molecule is CSc1ccc(S(=O)(=O)CC2C[C@@H](O)CC[C@@H]2N)cc1. The molecule has 0 heterocycles. The minimum Gasteiger partial charge on any atom is -0.393 e. The van der Waals surface area contributed by atoms with Gasteiger partial charge < -0.3 is 10.8 Å². The highest BCUT2D eigenvalue weighted by atomic mass is 32.2. The molecule has 112 valence electrons. The molecule has 0 amide bonds. The third-order valence-corrected chi connectivity index (χ3v) is 6.47. The summed E-state index contributed by atoms with van der Waals surface area (Å²) in [6, 6.07) is 6.77. The maximum Gasteiger partial charge on any atom is 0.178 e. The van der Waals surface area contributed by atoms with Crippen molar-refractivity contribution in [1.82, 2.24) is 0 Å². The number of sulfone groups is 1. The summed E-state index contributed by atoms with van der Waals surface area (Å²) in [7, 11) is -3.34. The van der Waals surface area contributed by atoms with Gasteiger partial charge in [-0.25, -0.2) is 8.42 Å². The van der Waals surface area contributed by atoms with Gasteiger partial charge in [-0.2, -0.15) is 0 Å². The van der Waals surface area contributed by atoms with Crippen molar-refractivity contribution in [3.05, 3.63) is 24.3 Å². The average Bonchev–Trinajstić information content (AvgIpc) is 2.43. The smallest absolute Gasteiger partial charge is 0.178 e. The molecule has 1 aliphatic carbocycles. The maximum atomic E-state index is 12.4. The lowest BCUT2D eigenvalue weighted by molar-refractivity contribution is 0.0969. The lowest BCUT2D eigenvalue weighted by atomic mass is 9.85. The average molecular weight is 315 g/mol. The molecule has 1 aromatic carbocycles. The van der Waals surface area contributed by atoms with Crippen LogP contribution in [0.5, 0.6) is 0 Å². The number of aliphatic hydroxyl groups is 1. The van der Waals surface area contributed by atoms with Crippen molar-refractivity contribution >= 4 is 21.6 Å². The van der Waals surface area contributed by atoms with Gasteiger partial charge in [-0.3, -0.25) is 0 Å². The number of benzene rings is 1. The van der Waals surface area contributed by atoms with E-state index in [1.54, 1.807) is 23.9 Å². The molecule has 4 nitrogen and oxygen atoms in total. The summed E-state index contributed by atoms with van der Waals surface area (Å²) in [5.74, 6) is -0.145. The van der Waals surface area contributed by atoms with Gasteiger partial charge in [0.25, 0.3) is 0 Å². The Bertz CT molecular complexity index is 542. The molecule has 1 fully saturated rings. The molecule has 0 bridgehead atoms. The van der Waals surface area contributed by atoms with E-state index in [0.717, 1.165) is 4.90 Å². The van der Waals surface area contributed by atoms with Crippen LogP contribution in [0.1, 0.15) is 19.3 Å². The van der Waals surface area contributed by atoms with Crippen LogP contribution in [0, 0.1) is 5.92 Å². The highest BCUT2D eigenvalue weighted by molar-refractivity contribution is 7.98. The topological polar surface area (TPSA) is 80.4 Å². The van der Waals surface area contributed by atoms with E-state index in [2.05, 4.69) is 0 Å².